The molecule has 0 saturated carbocycles. The Balaban J connectivity index is 1.27. The number of hydrogen-bond acceptors (Lipinski definition) is 8. The molecule has 5 heterocycles. The minimum atomic E-state index is -0.255. The highest BCUT2D eigenvalue weighted by Crippen LogP contribution is 2.33. The molecule has 0 atom stereocenters. The van der Waals surface area contributed by atoms with Crippen molar-refractivity contribution in [1.82, 2.24) is 19.9 Å². The number of pyridine rings is 2. The smallest absolute Gasteiger partial charge is 0.229 e. The molecule has 1 aliphatic rings. The number of hydrogen-bond donors (Lipinski definition) is 1. The number of thiazole rings is 1. The maximum Gasteiger partial charge on any atom is 0.229 e. The lowest BCUT2D eigenvalue weighted by molar-refractivity contribution is -0.121. The van der Waals surface area contributed by atoms with E-state index in [2.05, 4.69) is 25.2 Å². The zero-order valence-electron chi connectivity index (χ0n) is 18.4. The second kappa shape index (κ2) is 10.1. The summed E-state index contributed by atoms with van der Waals surface area (Å²) in [6, 6.07) is 12.7. The van der Waals surface area contributed by atoms with Crippen LogP contribution < -0.4 is 5.32 Å². The lowest BCUT2D eigenvalue weighted by Crippen LogP contribution is -2.37. The van der Waals surface area contributed by atoms with E-state index < -0.39 is 0 Å². The summed E-state index contributed by atoms with van der Waals surface area (Å²) in [7, 11) is 0. The molecule has 1 saturated heterocycles. The number of rotatable bonds is 7. The van der Waals surface area contributed by atoms with Crippen LogP contribution in [0.2, 0.25) is 0 Å². The average molecular weight is 474 g/mol. The zero-order valence-corrected chi connectivity index (χ0v) is 19.2. The Bertz CT molecular complexity index is 1250. The number of carbonyl (C=O) groups is 2. The van der Waals surface area contributed by atoms with Crippen molar-refractivity contribution in [2.75, 3.05) is 18.4 Å². The fourth-order valence-corrected chi connectivity index (χ4v) is 4.95. The molecule has 9 heteroatoms. The fraction of sp³-hybridized carbons (Fsp3) is 0.240. The number of nitrogens with one attached hydrogen (secondary N) is 1. The van der Waals surface area contributed by atoms with E-state index in [-0.39, 0.29) is 17.6 Å². The van der Waals surface area contributed by atoms with Gasteiger partial charge in [0.25, 0.3) is 0 Å². The van der Waals surface area contributed by atoms with Crippen molar-refractivity contribution in [2.24, 2.45) is 5.92 Å². The SMILES string of the molecule is O=C(c1ccccn1)c1sc(NC(=O)C2CCN(Cc3ccncc3)CC2)nc1-c1ccco1. The van der Waals surface area contributed by atoms with Crippen LogP contribution in [-0.4, -0.2) is 44.6 Å². The van der Waals surface area contributed by atoms with Crippen LogP contribution in [0.15, 0.2) is 71.7 Å². The summed E-state index contributed by atoms with van der Waals surface area (Å²) in [4.78, 5) is 41.6. The van der Waals surface area contributed by atoms with Crippen molar-refractivity contribution < 1.29 is 14.0 Å². The molecular weight excluding hydrogens is 450 g/mol. The third-order valence-corrected chi connectivity index (χ3v) is 6.80. The Morgan fingerprint density at radius 2 is 1.88 bits per heavy atom. The molecule has 1 aliphatic heterocycles. The Kier molecular flexibility index (Phi) is 6.55. The van der Waals surface area contributed by atoms with Crippen molar-refractivity contribution in [3.05, 3.63) is 83.5 Å². The molecule has 0 aromatic carbocycles. The number of nitrogens with zero attached hydrogens (tertiary/aromatic N) is 4. The molecule has 0 bridgehead atoms. The van der Waals surface area contributed by atoms with Crippen molar-refractivity contribution in [3.8, 4) is 11.5 Å². The van der Waals surface area contributed by atoms with Gasteiger partial charge in [0.05, 0.1) is 6.26 Å². The number of ketones is 1. The molecule has 4 aromatic rings. The van der Waals surface area contributed by atoms with E-state index in [1.54, 1.807) is 48.9 Å². The van der Waals surface area contributed by atoms with Crippen molar-refractivity contribution >= 4 is 28.2 Å². The highest BCUT2D eigenvalue weighted by molar-refractivity contribution is 7.18. The Morgan fingerprint density at radius 3 is 2.59 bits per heavy atom. The van der Waals surface area contributed by atoms with Gasteiger partial charge in [0.1, 0.15) is 16.3 Å². The van der Waals surface area contributed by atoms with Gasteiger partial charge in [-0.2, -0.15) is 0 Å². The molecule has 0 radical (unpaired) electrons. The predicted octanol–water partition coefficient (Wildman–Crippen LogP) is 4.27. The molecule has 8 nitrogen and oxygen atoms in total. The number of carbonyl (C=O) groups excluding carboxylic acids is 2. The highest BCUT2D eigenvalue weighted by atomic mass is 32.1. The summed E-state index contributed by atoms with van der Waals surface area (Å²) in [5.41, 5.74) is 1.95. The maximum atomic E-state index is 13.1. The summed E-state index contributed by atoms with van der Waals surface area (Å²) in [6.45, 7) is 2.55. The number of piperidine rings is 1. The van der Waals surface area contributed by atoms with Gasteiger partial charge in [0.2, 0.25) is 11.7 Å². The molecule has 0 unspecified atom stereocenters. The second-order valence-electron chi connectivity index (χ2n) is 8.11. The van der Waals surface area contributed by atoms with Crippen LogP contribution >= 0.6 is 11.3 Å². The number of amides is 1. The summed E-state index contributed by atoms with van der Waals surface area (Å²) in [6.07, 6.45) is 8.24. The minimum Gasteiger partial charge on any atom is -0.463 e. The predicted molar refractivity (Wildman–Crippen MR) is 128 cm³/mol. The van der Waals surface area contributed by atoms with Gasteiger partial charge in [-0.3, -0.25) is 24.5 Å². The quantitative estimate of drug-likeness (QED) is 0.400. The van der Waals surface area contributed by atoms with E-state index in [0.717, 1.165) is 43.8 Å². The van der Waals surface area contributed by atoms with Gasteiger partial charge >= 0.3 is 0 Å². The molecular formula is C25H23N5O3S. The number of anilines is 1. The standard InChI is InChI=1S/C25H23N5O3S/c31-22(19-4-1-2-10-27-19)23-21(20-5-3-15-33-20)28-25(34-23)29-24(32)18-8-13-30(14-9-18)16-17-6-11-26-12-7-17/h1-7,10-12,15,18H,8-9,13-14,16H2,(H,28,29,32). The maximum absolute atomic E-state index is 13.1. The van der Waals surface area contributed by atoms with Gasteiger partial charge in [0.15, 0.2) is 10.9 Å². The van der Waals surface area contributed by atoms with Gasteiger partial charge in [-0.1, -0.05) is 17.4 Å². The van der Waals surface area contributed by atoms with Gasteiger partial charge in [-0.25, -0.2) is 4.98 Å². The molecule has 34 heavy (non-hydrogen) atoms. The molecule has 172 valence electrons. The molecule has 1 N–H and O–H groups in total. The van der Waals surface area contributed by atoms with Gasteiger partial charge in [0, 0.05) is 31.1 Å². The van der Waals surface area contributed by atoms with Crippen LogP contribution in [0.3, 0.4) is 0 Å². The van der Waals surface area contributed by atoms with E-state index in [4.69, 9.17) is 4.42 Å². The Hall–Kier alpha value is -3.69. The highest BCUT2D eigenvalue weighted by Gasteiger charge is 2.28. The molecule has 5 rings (SSSR count). The molecule has 4 aromatic heterocycles. The van der Waals surface area contributed by atoms with Gasteiger partial charge in [-0.05, 0) is 67.9 Å². The summed E-state index contributed by atoms with van der Waals surface area (Å²) in [5.74, 6) is 0.0506. The van der Waals surface area contributed by atoms with Crippen LogP contribution in [0.5, 0.6) is 0 Å². The summed E-state index contributed by atoms with van der Waals surface area (Å²) >= 11 is 1.15. The monoisotopic (exact) mass is 473 g/mol. The number of furan rings is 1. The largest absolute Gasteiger partial charge is 0.463 e. The normalized spacial score (nSPS) is 14.7. The first kappa shape index (κ1) is 22.1. The van der Waals surface area contributed by atoms with Crippen LogP contribution in [0.4, 0.5) is 5.13 Å². The first-order valence-electron chi connectivity index (χ1n) is 11.1. The first-order chi connectivity index (χ1) is 16.7. The topological polar surface area (TPSA) is 101 Å². The van der Waals surface area contributed by atoms with E-state index in [9.17, 15) is 9.59 Å². The lowest BCUT2D eigenvalue weighted by atomic mass is 9.95. The average Bonchev–Trinajstić information content (AvgIpc) is 3.55. The zero-order chi connectivity index (χ0) is 23.3. The van der Waals surface area contributed by atoms with Crippen LogP contribution in [0.1, 0.15) is 33.8 Å². The van der Waals surface area contributed by atoms with Crippen LogP contribution in [-0.2, 0) is 11.3 Å². The van der Waals surface area contributed by atoms with E-state index in [0.29, 0.717) is 27.2 Å². The van der Waals surface area contributed by atoms with Crippen molar-refractivity contribution in [1.29, 1.82) is 0 Å². The lowest BCUT2D eigenvalue weighted by Gasteiger charge is -2.31. The second-order valence-corrected chi connectivity index (χ2v) is 9.11. The van der Waals surface area contributed by atoms with Crippen molar-refractivity contribution in [3.63, 3.8) is 0 Å². The first-order valence-corrected chi connectivity index (χ1v) is 11.9. The fourth-order valence-electron chi connectivity index (χ4n) is 4.03. The number of likely N-dealkylation sites (tertiary alicyclic amines) is 1. The molecule has 1 amide bonds. The van der Waals surface area contributed by atoms with Crippen LogP contribution in [0, 0.1) is 5.92 Å². The van der Waals surface area contributed by atoms with Gasteiger partial charge in [-0.15, -0.1) is 0 Å². The van der Waals surface area contributed by atoms with E-state index in [1.165, 1.54) is 11.8 Å². The number of aromatic nitrogens is 3. The van der Waals surface area contributed by atoms with Gasteiger partial charge < -0.3 is 9.73 Å². The molecule has 1 fully saturated rings. The summed E-state index contributed by atoms with van der Waals surface area (Å²) in [5, 5.41) is 3.32. The minimum absolute atomic E-state index is 0.0693. The molecule has 0 aliphatic carbocycles. The summed E-state index contributed by atoms with van der Waals surface area (Å²) < 4.78 is 5.49. The Morgan fingerprint density at radius 1 is 1.06 bits per heavy atom. The third kappa shape index (κ3) is 4.95. The van der Waals surface area contributed by atoms with E-state index in [1.807, 2.05) is 12.1 Å². The third-order valence-electron chi connectivity index (χ3n) is 5.83. The van der Waals surface area contributed by atoms with Crippen molar-refractivity contribution in [2.45, 2.75) is 19.4 Å². The molecule has 0 spiro atoms. The van der Waals surface area contributed by atoms with E-state index >= 15 is 0 Å². The van der Waals surface area contributed by atoms with Crippen LogP contribution in [0.25, 0.3) is 11.5 Å². The Labute approximate surface area is 200 Å².